The van der Waals surface area contributed by atoms with Crippen LogP contribution < -0.4 is 5.32 Å². The summed E-state index contributed by atoms with van der Waals surface area (Å²) in [4.78, 5) is 0. The van der Waals surface area contributed by atoms with E-state index in [0.29, 0.717) is 5.56 Å². The van der Waals surface area contributed by atoms with E-state index in [1.54, 1.807) is 12.1 Å². The van der Waals surface area contributed by atoms with Crippen LogP contribution in [0.15, 0.2) is 48.5 Å². The van der Waals surface area contributed by atoms with Crippen molar-refractivity contribution in [1.82, 2.24) is 5.32 Å². The van der Waals surface area contributed by atoms with Crippen LogP contribution in [0.25, 0.3) is 0 Å². The van der Waals surface area contributed by atoms with Crippen LogP contribution >= 0.6 is 0 Å². The monoisotopic (exact) mass is 317 g/mol. The van der Waals surface area contributed by atoms with E-state index in [1.165, 1.54) is 17.7 Å². The first-order valence-electron chi connectivity index (χ1n) is 8.05. The smallest absolute Gasteiger partial charge is 0.310 e. The Morgan fingerprint density at radius 1 is 0.870 bits per heavy atom. The fraction of sp³-hybridized carbons (Fsp3) is 0.368. The predicted octanol–water partition coefficient (Wildman–Crippen LogP) is 4.89. The van der Waals surface area contributed by atoms with Gasteiger partial charge in [0.2, 0.25) is 0 Å². The molecular formula is C19H18F3N. The maximum atomic E-state index is 13.5. The van der Waals surface area contributed by atoms with Gasteiger partial charge in [-0.25, -0.2) is 0 Å². The molecule has 0 bridgehead atoms. The second kappa shape index (κ2) is 5.38. The number of nitrogens with one attached hydrogen (secondary N) is 1. The van der Waals surface area contributed by atoms with E-state index in [4.69, 9.17) is 0 Å². The molecule has 0 saturated carbocycles. The number of halogens is 3. The molecule has 1 aliphatic carbocycles. The van der Waals surface area contributed by atoms with E-state index < -0.39 is 11.7 Å². The Hall–Kier alpha value is -1.81. The lowest BCUT2D eigenvalue weighted by Gasteiger charge is -2.32. The largest absolute Gasteiger partial charge is 0.416 e. The van der Waals surface area contributed by atoms with Crippen LogP contribution in [0, 0.1) is 5.92 Å². The van der Waals surface area contributed by atoms with Gasteiger partial charge in [-0.15, -0.1) is 0 Å². The lowest BCUT2D eigenvalue weighted by molar-refractivity contribution is -0.138. The maximum Gasteiger partial charge on any atom is 0.416 e. The van der Waals surface area contributed by atoms with E-state index in [1.807, 2.05) is 18.2 Å². The van der Waals surface area contributed by atoms with Crippen molar-refractivity contribution < 1.29 is 13.2 Å². The summed E-state index contributed by atoms with van der Waals surface area (Å²) in [6, 6.07) is 14.2. The summed E-state index contributed by atoms with van der Waals surface area (Å²) in [6.07, 6.45) is -2.34. The first-order valence-corrected chi connectivity index (χ1v) is 8.05. The molecular weight excluding hydrogens is 299 g/mol. The van der Waals surface area contributed by atoms with Crippen LogP contribution in [0.1, 0.15) is 47.1 Å². The molecule has 1 fully saturated rings. The van der Waals surface area contributed by atoms with Crippen LogP contribution in [-0.2, 0) is 6.18 Å². The Bertz CT molecular complexity index is 723. The van der Waals surface area contributed by atoms with Crippen molar-refractivity contribution in [3.8, 4) is 0 Å². The van der Waals surface area contributed by atoms with Gasteiger partial charge < -0.3 is 5.32 Å². The fourth-order valence-electron chi connectivity index (χ4n) is 4.35. The number of alkyl halides is 3. The molecule has 23 heavy (non-hydrogen) atoms. The predicted molar refractivity (Wildman–Crippen MR) is 83.2 cm³/mol. The number of hydrogen-bond donors (Lipinski definition) is 1. The van der Waals surface area contributed by atoms with E-state index in [9.17, 15) is 13.2 Å². The SMILES string of the molecule is FC(F)(F)c1ccccc1[C@@H]1c2ccccc2[C@H]2NCCC[C@@H]12. The Labute approximate surface area is 133 Å². The molecule has 0 radical (unpaired) electrons. The third kappa shape index (κ3) is 2.36. The average Bonchev–Trinajstić information content (AvgIpc) is 2.88. The Morgan fingerprint density at radius 3 is 2.26 bits per heavy atom. The van der Waals surface area contributed by atoms with Crippen molar-refractivity contribution in [3.63, 3.8) is 0 Å². The molecule has 0 amide bonds. The molecule has 1 heterocycles. The Balaban J connectivity index is 1.89. The summed E-state index contributed by atoms with van der Waals surface area (Å²) in [5, 5.41) is 3.51. The van der Waals surface area contributed by atoms with Gasteiger partial charge in [0.15, 0.2) is 0 Å². The van der Waals surface area contributed by atoms with Crippen molar-refractivity contribution in [2.75, 3.05) is 6.54 Å². The van der Waals surface area contributed by atoms with Crippen LogP contribution in [0.4, 0.5) is 13.2 Å². The van der Waals surface area contributed by atoms with Gasteiger partial charge in [-0.3, -0.25) is 0 Å². The molecule has 2 aromatic carbocycles. The molecule has 0 aromatic heterocycles. The fourth-order valence-corrected chi connectivity index (χ4v) is 4.35. The first kappa shape index (κ1) is 14.8. The molecule has 2 aliphatic rings. The zero-order valence-corrected chi connectivity index (χ0v) is 12.6. The molecule has 120 valence electrons. The topological polar surface area (TPSA) is 12.0 Å². The highest BCUT2D eigenvalue weighted by Gasteiger charge is 2.45. The molecule has 2 aromatic rings. The maximum absolute atomic E-state index is 13.5. The minimum atomic E-state index is -4.31. The van der Waals surface area contributed by atoms with Gasteiger partial charge in [0.05, 0.1) is 5.56 Å². The van der Waals surface area contributed by atoms with Crippen LogP contribution in [-0.4, -0.2) is 6.54 Å². The Morgan fingerprint density at radius 2 is 1.52 bits per heavy atom. The first-order chi connectivity index (χ1) is 11.1. The summed E-state index contributed by atoms with van der Waals surface area (Å²) in [6.45, 7) is 0.934. The molecule has 1 aliphatic heterocycles. The minimum absolute atomic E-state index is 0.172. The number of piperidine rings is 1. The lowest BCUT2D eigenvalue weighted by atomic mass is 9.79. The highest BCUT2D eigenvalue weighted by molar-refractivity contribution is 5.49. The number of fused-ring (bicyclic) bond motifs is 3. The van der Waals surface area contributed by atoms with E-state index in [2.05, 4.69) is 11.4 Å². The van der Waals surface area contributed by atoms with E-state index in [-0.39, 0.29) is 17.9 Å². The van der Waals surface area contributed by atoms with Crippen LogP contribution in [0.5, 0.6) is 0 Å². The summed E-state index contributed by atoms with van der Waals surface area (Å²) >= 11 is 0. The summed E-state index contributed by atoms with van der Waals surface area (Å²) < 4.78 is 40.5. The van der Waals surface area contributed by atoms with E-state index >= 15 is 0 Å². The summed E-state index contributed by atoms with van der Waals surface area (Å²) in [5.41, 5.74) is 2.14. The Kier molecular flexibility index (Phi) is 3.45. The molecule has 3 atom stereocenters. The second-order valence-electron chi connectivity index (χ2n) is 6.43. The summed E-state index contributed by atoms with van der Waals surface area (Å²) in [5.74, 6) is 0.0199. The second-order valence-corrected chi connectivity index (χ2v) is 6.43. The lowest BCUT2D eigenvalue weighted by Crippen LogP contribution is -2.33. The highest BCUT2D eigenvalue weighted by atomic mass is 19.4. The summed E-state index contributed by atoms with van der Waals surface area (Å²) in [7, 11) is 0. The number of hydrogen-bond acceptors (Lipinski definition) is 1. The molecule has 4 rings (SSSR count). The molecule has 0 spiro atoms. The van der Waals surface area contributed by atoms with Crippen molar-refractivity contribution >= 4 is 0 Å². The van der Waals surface area contributed by atoms with Crippen molar-refractivity contribution in [2.24, 2.45) is 5.92 Å². The van der Waals surface area contributed by atoms with Gasteiger partial charge in [-0.1, -0.05) is 42.5 Å². The van der Waals surface area contributed by atoms with Gasteiger partial charge in [0, 0.05) is 12.0 Å². The zero-order valence-electron chi connectivity index (χ0n) is 12.6. The van der Waals surface area contributed by atoms with Gasteiger partial charge in [-0.05, 0) is 48.1 Å². The van der Waals surface area contributed by atoms with E-state index in [0.717, 1.165) is 24.9 Å². The molecule has 1 N–H and O–H groups in total. The molecule has 4 heteroatoms. The standard InChI is InChI=1S/C19H18F3N/c20-19(21,22)16-10-4-3-8-14(16)17-12-6-1-2-7-13(12)18-15(17)9-5-11-23-18/h1-4,6-8,10,15,17-18,23H,5,9,11H2/t15-,17-,18+/m0/s1. The van der Waals surface area contributed by atoms with Crippen molar-refractivity contribution in [1.29, 1.82) is 0 Å². The number of benzene rings is 2. The molecule has 1 nitrogen and oxygen atoms in total. The highest BCUT2D eigenvalue weighted by Crippen LogP contribution is 2.53. The normalized spacial score (nSPS) is 26.7. The number of rotatable bonds is 1. The zero-order chi connectivity index (χ0) is 16.0. The minimum Gasteiger partial charge on any atom is -0.310 e. The van der Waals surface area contributed by atoms with Crippen LogP contribution in [0.3, 0.4) is 0 Å². The third-order valence-corrected chi connectivity index (χ3v) is 5.20. The van der Waals surface area contributed by atoms with Crippen molar-refractivity contribution in [3.05, 3.63) is 70.8 Å². The quantitative estimate of drug-likeness (QED) is 0.789. The average molecular weight is 317 g/mol. The van der Waals surface area contributed by atoms with Gasteiger partial charge in [0.25, 0.3) is 0 Å². The molecule has 1 saturated heterocycles. The molecule has 0 unspecified atom stereocenters. The van der Waals surface area contributed by atoms with Crippen LogP contribution in [0.2, 0.25) is 0 Å². The third-order valence-electron chi connectivity index (χ3n) is 5.20. The van der Waals surface area contributed by atoms with Gasteiger partial charge in [0.1, 0.15) is 0 Å². The van der Waals surface area contributed by atoms with Gasteiger partial charge >= 0.3 is 6.18 Å². The van der Waals surface area contributed by atoms with Crippen molar-refractivity contribution in [2.45, 2.75) is 31.0 Å². The van der Waals surface area contributed by atoms with Gasteiger partial charge in [-0.2, -0.15) is 13.2 Å².